The minimum atomic E-state index is 0.0225. The van der Waals surface area contributed by atoms with E-state index in [9.17, 15) is 0 Å². The SMILES string of the molecule is COc1ccc(OC)c(C2(CON)CC2)c1. The van der Waals surface area contributed by atoms with Crippen LogP contribution < -0.4 is 15.4 Å². The third-order valence-corrected chi connectivity index (χ3v) is 3.19. The molecule has 0 saturated heterocycles. The summed E-state index contributed by atoms with van der Waals surface area (Å²) < 4.78 is 10.6. The average Bonchev–Trinajstić information content (AvgIpc) is 3.09. The van der Waals surface area contributed by atoms with Gasteiger partial charge in [0, 0.05) is 11.0 Å². The lowest BCUT2D eigenvalue weighted by Gasteiger charge is -2.18. The van der Waals surface area contributed by atoms with Crippen LogP contribution in [0.1, 0.15) is 18.4 Å². The minimum absolute atomic E-state index is 0.0225. The average molecular weight is 223 g/mol. The standard InChI is InChI=1S/C12H17NO3/c1-14-9-3-4-11(15-2)10(7-9)12(5-6-12)8-16-13/h3-4,7H,5-6,8,13H2,1-2H3. The lowest BCUT2D eigenvalue weighted by atomic mass is 9.95. The van der Waals surface area contributed by atoms with E-state index >= 15 is 0 Å². The van der Waals surface area contributed by atoms with Gasteiger partial charge in [0.1, 0.15) is 11.5 Å². The van der Waals surface area contributed by atoms with E-state index in [1.807, 2.05) is 18.2 Å². The third-order valence-electron chi connectivity index (χ3n) is 3.19. The molecule has 1 fully saturated rings. The van der Waals surface area contributed by atoms with Gasteiger partial charge in [-0.15, -0.1) is 0 Å². The molecule has 0 radical (unpaired) electrons. The maximum atomic E-state index is 5.37. The van der Waals surface area contributed by atoms with Gasteiger partial charge in [0.15, 0.2) is 0 Å². The highest BCUT2D eigenvalue weighted by atomic mass is 16.6. The lowest BCUT2D eigenvalue weighted by Crippen LogP contribution is -2.19. The normalized spacial score (nSPS) is 16.9. The van der Waals surface area contributed by atoms with Gasteiger partial charge < -0.3 is 14.3 Å². The Morgan fingerprint density at radius 2 is 2.00 bits per heavy atom. The highest BCUT2D eigenvalue weighted by Gasteiger charge is 2.46. The Morgan fingerprint density at radius 3 is 2.50 bits per heavy atom. The number of methoxy groups -OCH3 is 2. The minimum Gasteiger partial charge on any atom is -0.497 e. The van der Waals surface area contributed by atoms with Crippen molar-refractivity contribution in [3.63, 3.8) is 0 Å². The van der Waals surface area contributed by atoms with Gasteiger partial charge in [-0.2, -0.15) is 0 Å². The fourth-order valence-corrected chi connectivity index (χ4v) is 2.03. The Labute approximate surface area is 95.2 Å². The zero-order valence-corrected chi connectivity index (χ0v) is 9.66. The summed E-state index contributed by atoms with van der Waals surface area (Å²) in [6.45, 7) is 0.524. The summed E-state index contributed by atoms with van der Waals surface area (Å²) in [4.78, 5) is 4.80. The molecule has 0 spiro atoms. The molecule has 0 aromatic heterocycles. The third kappa shape index (κ3) is 1.86. The van der Waals surface area contributed by atoms with Crippen LogP contribution in [0.3, 0.4) is 0 Å². The van der Waals surface area contributed by atoms with E-state index < -0.39 is 0 Å². The first-order valence-corrected chi connectivity index (χ1v) is 5.30. The molecule has 16 heavy (non-hydrogen) atoms. The maximum Gasteiger partial charge on any atom is 0.122 e. The molecule has 1 aromatic carbocycles. The van der Waals surface area contributed by atoms with Crippen molar-refractivity contribution >= 4 is 0 Å². The van der Waals surface area contributed by atoms with E-state index in [0.29, 0.717) is 6.61 Å². The molecule has 0 heterocycles. The van der Waals surface area contributed by atoms with Crippen LogP contribution >= 0.6 is 0 Å². The van der Waals surface area contributed by atoms with E-state index in [4.69, 9.17) is 20.2 Å². The van der Waals surface area contributed by atoms with Crippen molar-refractivity contribution in [2.75, 3.05) is 20.8 Å². The molecule has 0 bridgehead atoms. The number of nitrogens with two attached hydrogens (primary N) is 1. The van der Waals surface area contributed by atoms with Crippen LogP contribution in [0.25, 0.3) is 0 Å². The van der Waals surface area contributed by atoms with E-state index in [1.54, 1.807) is 14.2 Å². The van der Waals surface area contributed by atoms with Crippen LogP contribution in [0.5, 0.6) is 11.5 Å². The Balaban J connectivity index is 2.37. The summed E-state index contributed by atoms with van der Waals surface area (Å²) in [5.41, 5.74) is 1.15. The summed E-state index contributed by atoms with van der Waals surface area (Å²) in [6, 6.07) is 5.82. The second-order valence-corrected chi connectivity index (χ2v) is 4.16. The molecule has 0 amide bonds. The predicted octanol–water partition coefficient (Wildman–Crippen LogP) is 1.63. The number of ether oxygens (including phenoxy) is 2. The van der Waals surface area contributed by atoms with Gasteiger partial charge in [-0.3, -0.25) is 0 Å². The van der Waals surface area contributed by atoms with Gasteiger partial charge in [0.2, 0.25) is 0 Å². The monoisotopic (exact) mass is 223 g/mol. The molecule has 0 atom stereocenters. The van der Waals surface area contributed by atoms with Gasteiger partial charge in [0.05, 0.1) is 20.8 Å². The molecule has 1 saturated carbocycles. The van der Waals surface area contributed by atoms with Crippen molar-refractivity contribution < 1.29 is 14.3 Å². The summed E-state index contributed by atoms with van der Waals surface area (Å²) >= 11 is 0. The van der Waals surface area contributed by atoms with E-state index in [0.717, 1.165) is 29.9 Å². The fraction of sp³-hybridized carbons (Fsp3) is 0.500. The Kier molecular flexibility index (Phi) is 3.03. The number of rotatable bonds is 5. The van der Waals surface area contributed by atoms with Crippen LogP contribution in [0.2, 0.25) is 0 Å². The first-order valence-electron chi connectivity index (χ1n) is 5.30. The molecule has 1 aliphatic carbocycles. The van der Waals surface area contributed by atoms with Crippen molar-refractivity contribution in [3.8, 4) is 11.5 Å². The van der Waals surface area contributed by atoms with Crippen molar-refractivity contribution in [2.24, 2.45) is 5.90 Å². The van der Waals surface area contributed by atoms with Crippen LogP contribution in [0, 0.1) is 0 Å². The Bertz CT molecular complexity index is 375. The van der Waals surface area contributed by atoms with Crippen molar-refractivity contribution in [3.05, 3.63) is 23.8 Å². The van der Waals surface area contributed by atoms with Crippen LogP contribution in [-0.4, -0.2) is 20.8 Å². The Hall–Kier alpha value is -1.26. The molecule has 2 rings (SSSR count). The number of hydrogen-bond donors (Lipinski definition) is 1. The molecule has 88 valence electrons. The van der Waals surface area contributed by atoms with Crippen molar-refractivity contribution in [1.29, 1.82) is 0 Å². The second kappa shape index (κ2) is 4.31. The molecular weight excluding hydrogens is 206 g/mol. The van der Waals surface area contributed by atoms with Gasteiger partial charge in [-0.25, -0.2) is 5.90 Å². The zero-order chi connectivity index (χ0) is 11.6. The van der Waals surface area contributed by atoms with E-state index in [2.05, 4.69) is 0 Å². The van der Waals surface area contributed by atoms with Crippen LogP contribution in [0.15, 0.2) is 18.2 Å². The highest BCUT2D eigenvalue weighted by Crippen LogP contribution is 2.52. The summed E-state index contributed by atoms with van der Waals surface area (Å²) in [5, 5.41) is 0. The van der Waals surface area contributed by atoms with Gasteiger partial charge in [0.25, 0.3) is 0 Å². The van der Waals surface area contributed by atoms with E-state index in [-0.39, 0.29) is 5.41 Å². The van der Waals surface area contributed by atoms with Crippen molar-refractivity contribution in [1.82, 2.24) is 0 Å². The molecule has 1 aromatic rings. The van der Waals surface area contributed by atoms with Crippen molar-refractivity contribution in [2.45, 2.75) is 18.3 Å². The molecule has 0 aliphatic heterocycles. The fourth-order valence-electron chi connectivity index (χ4n) is 2.03. The number of hydrogen-bond acceptors (Lipinski definition) is 4. The first-order chi connectivity index (χ1) is 7.75. The molecule has 1 aliphatic rings. The van der Waals surface area contributed by atoms with E-state index in [1.165, 1.54) is 0 Å². The molecule has 2 N–H and O–H groups in total. The summed E-state index contributed by atoms with van der Waals surface area (Å²) in [7, 11) is 3.33. The smallest absolute Gasteiger partial charge is 0.122 e. The topological polar surface area (TPSA) is 53.7 Å². The molecule has 4 nitrogen and oxygen atoms in total. The zero-order valence-electron chi connectivity index (χ0n) is 9.66. The number of benzene rings is 1. The molecule has 0 unspecified atom stereocenters. The second-order valence-electron chi connectivity index (χ2n) is 4.16. The van der Waals surface area contributed by atoms with Gasteiger partial charge >= 0.3 is 0 Å². The largest absolute Gasteiger partial charge is 0.497 e. The maximum absolute atomic E-state index is 5.37. The van der Waals surface area contributed by atoms with Gasteiger partial charge in [-0.05, 0) is 31.0 Å². The molecule has 4 heteroatoms. The summed E-state index contributed by atoms with van der Waals surface area (Å²) in [5.74, 6) is 6.89. The van der Waals surface area contributed by atoms with Gasteiger partial charge in [-0.1, -0.05) is 0 Å². The highest BCUT2D eigenvalue weighted by molar-refractivity contribution is 5.47. The summed E-state index contributed by atoms with van der Waals surface area (Å²) in [6.07, 6.45) is 2.15. The quantitative estimate of drug-likeness (QED) is 0.771. The van der Waals surface area contributed by atoms with Crippen LogP contribution in [0.4, 0.5) is 0 Å². The lowest BCUT2D eigenvalue weighted by molar-refractivity contribution is 0.115. The predicted molar refractivity (Wildman–Crippen MR) is 60.6 cm³/mol. The first kappa shape index (κ1) is 11.2. The van der Waals surface area contributed by atoms with Crippen LogP contribution in [-0.2, 0) is 10.3 Å². The molecular formula is C12H17NO3. The Morgan fingerprint density at radius 1 is 1.25 bits per heavy atom.